The smallest absolute Gasteiger partial charge is 0.337 e. The van der Waals surface area contributed by atoms with Crippen molar-refractivity contribution in [1.29, 1.82) is 0 Å². The number of unbranched alkanes of at least 4 members (excludes halogenated alkanes) is 11. The number of Topliss-reactive ketones (excluding diaryl/α,β-unsaturated/α-hetero) is 1. The number of ketones is 1. The van der Waals surface area contributed by atoms with Crippen molar-refractivity contribution in [2.75, 3.05) is 0 Å². The van der Waals surface area contributed by atoms with Crippen LogP contribution in [0.3, 0.4) is 0 Å². The predicted molar refractivity (Wildman–Crippen MR) is 119 cm³/mol. The minimum Gasteiger partial charge on any atom is -0.478 e. The lowest BCUT2D eigenvalue weighted by molar-refractivity contribution is -0.118. The van der Waals surface area contributed by atoms with Gasteiger partial charge in [-0.05, 0) is 44.2 Å². The molecular weight excluding hydrogens is 362 g/mol. The van der Waals surface area contributed by atoms with Gasteiger partial charge in [-0.25, -0.2) is 4.79 Å². The summed E-state index contributed by atoms with van der Waals surface area (Å²) >= 11 is 0. The second-order valence-corrected chi connectivity index (χ2v) is 7.85. The Bertz CT molecular complexity index is 610. The second-order valence-electron chi connectivity index (χ2n) is 7.85. The largest absolute Gasteiger partial charge is 0.478 e. The van der Waals surface area contributed by atoms with Crippen molar-refractivity contribution < 1.29 is 14.7 Å². The van der Waals surface area contributed by atoms with Crippen LogP contribution in [0.15, 0.2) is 30.5 Å². The maximum absolute atomic E-state index is 12.1. The highest BCUT2D eigenvalue weighted by atomic mass is 16.4. The molecule has 0 saturated heterocycles. The van der Waals surface area contributed by atoms with Crippen molar-refractivity contribution in [2.45, 2.75) is 103 Å². The minimum absolute atomic E-state index is 0.0730. The third-order valence-electron chi connectivity index (χ3n) is 5.20. The number of hydrogen-bond donors (Lipinski definition) is 1. The van der Waals surface area contributed by atoms with Crippen LogP contribution in [0.4, 0.5) is 0 Å². The maximum atomic E-state index is 12.1. The van der Waals surface area contributed by atoms with E-state index < -0.39 is 5.97 Å². The standard InChI is InChI=1S/C25H39NO3/c1-2-3-4-5-6-7-8-9-10-11-12-13-14-15-16-18-22(27)21-24-23(25(28)29)19-17-20-26-24/h9-10,17,19-20H,2-8,11-16,18,21H2,1H3,(H,28,29)/b10-9-. The van der Waals surface area contributed by atoms with Gasteiger partial charge in [-0.1, -0.05) is 70.4 Å². The molecule has 29 heavy (non-hydrogen) atoms. The summed E-state index contributed by atoms with van der Waals surface area (Å²) in [7, 11) is 0. The second kappa shape index (κ2) is 16.9. The molecule has 162 valence electrons. The first kappa shape index (κ1) is 25.1. The lowest BCUT2D eigenvalue weighted by Crippen LogP contribution is -2.10. The Morgan fingerprint density at radius 3 is 2.10 bits per heavy atom. The molecule has 0 aromatic carbocycles. The normalized spacial score (nSPS) is 11.2. The van der Waals surface area contributed by atoms with Gasteiger partial charge in [-0.3, -0.25) is 9.78 Å². The molecule has 0 radical (unpaired) electrons. The van der Waals surface area contributed by atoms with Crippen molar-refractivity contribution in [2.24, 2.45) is 0 Å². The summed E-state index contributed by atoms with van der Waals surface area (Å²) in [5, 5.41) is 9.14. The van der Waals surface area contributed by atoms with E-state index in [4.69, 9.17) is 5.11 Å². The molecule has 1 aromatic heterocycles. The fourth-order valence-electron chi connectivity index (χ4n) is 3.44. The van der Waals surface area contributed by atoms with Gasteiger partial charge >= 0.3 is 5.97 Å². The number of rotatable bonds is 18. The van der Waals surface area contributed by atoms with Gasteiger partial charge in [0.05, 0.1) is 11.3 Å². The molecule has 0 aliphatic rings. The third-order valence-corrected chi connectivity index (χ3v) is 5.20. The summed E-state index contributed by atoms with van der Waals surface area (Å²) in [4.78, 5) is 27.3. The van der Waals surface area contributed by atoms with Crippen molar-refractivity contribution >= 4 is 11.8 Å². The van der Waals surface area contributed by atoms with Crippen molar-refractivity contribution in [3.05, 3.63) is 41.7 Å². The van der Waals surface area contributed by atoms with Crippen LogP contribution in [0.5, 0.6) is 0 Å². The molecule has 1 heterocycles. The monoisotopic (exact) mass is 401 g/mol. The van der Waals surface area contributed by atoms with E-state index in [2.05, 4.69) is 24.1 Å². The number of allylic oxidation sites excluding steroid dienone is 2. The molecule has 0 atom stereocenters. The van der Waals surface area contributed by atoms with Gasteiger partial charge in [0.25, 0.3) is 0 Å². The van der Waals surface area contributed by atoms with Gasteiger partial charge in [-0.15, -0.1) is 0 Å². The molecule has 1 aromatic rings. The van der Waals surface area contributed by atoms with Gasteiger partial charge in [0.1, 0.15) is 5.78 Å². The summed E-state index contributed by atoms with van der Waals surface area (Å²) in [5.41, 5.74) is 0.503. The number of carboxylic acids is 1. The van der Waals surface area contributed by atoms with E-state index in [1.807, 2.05) is 0 Å². The molecule has 1 rings (SSSR count). The van der Waals surface area contributed by atoms with Gasteiger partial charge in [0.15, 0.2) is 0 Å². The minimum atomic E-state index is -1.03. The topological polar surface area (TPSA) is 67.3 Å². The summed E-state index contributed by atoms with van der Waals surface area (Å²) in [5.74, 6) is -0.953. The summed E-state index contributed by atoms with van der Waals surface area (Å²) < 4.78 is 0. The number of nitrogens with zero attached hydrogens (tertiary/aromatic N) is 1. The number of aromatic nitrogens is 1. The van der Waals surface area contributed by atoms with E-state index in [9.17, 15) is 9.59 Å². The van der Waals surface area contributed by atoms with Crippen molar-refractivity contribution in [1.82, 2.24) is 4.98 Å². The average Bonchev–Trinajstić information content (AvgIpc) is 2.71. The van der Waals surface area contributed by atoms with E-state index in [1.54, 1.807) is 6.07 Å². The highest BCUT2D eigenvalue weighted by Gasteiger charge is 2.13. The fraction of sp³-hybridized carbons (Fsp3) is 0.640. The summed E-state index contributed by atoms with van der Waals surface area (Å²) in [6.07, 6.45) is 22.9. The molecule has 0 unspecified atom stereocenters. The molecular formula is C25H39NO3. The molecule has 0 saturated carbocycles. The molecule has 1 N–H and O–H groups in total. The highest BCUT2D eigenvalue weighted by molar-refractivity contribution is 5.91. The zero-order chi connectivity index (χ0) is 21.2. The van der Waals surface area contributed by atoms with Crippen LogP contribution in [-0.4, -0.2) is 21.8 Å². The van der Waals surface area contributed by atoms with Gasteiger partial charge in [0.2, 0.25) is 0 Å². The van der Waals surface area contributed by atoms with Gasteiger partial charge in [0, 0.05) is 19.0 Å². The van der Waals surface area contributed by atoms with Crippen LogP contribution in [0, 0.1) is 0 Å². The first-order valence-corrected chi connectivity index (χ1v) is 11.5. The average molecular weight is 402 g/mol. The number of pyridine rings is 1. The maximum Gasteiger partial charge on any atom is 0.337 e. The Balaban J connectivity index is 1.97. The van der Waals surface area contributed by atoms with Crippen LogP contribution in [-0.2, 0) is 11.2 Å². The van der Waals surface area contributed by atoms with Crippen LogP contribution in [0.1, 0.15) is 113 Å². The van der Waals surface area contributed by atoms with E-state index in [0.29, 0.717) is 12.1 Å². The third kappa shape index (κ3) is 13.0. The lowest BCUT2D eigenvalue weighted by Gasteiger charge is -2.04. The van der Waals surface area contributed by atoms with Crippen molar-refractivity contribution in [3.63, 3.8) is 0 Å². The quantitative estimate of drug-likeness (QED) is 0.214. The molecule has 0 bridgehead atoms. The molecule has 0 aliphatic heterocycles. The van der Waals surface area contributed by atoms with E-state index in [-0.39, 0.29) is 17.8 Å². The molecule has 4 heteroatoms. The Morgan fingerprint density at radius 2 is 1.48 bits per heavy atom. The Kier molecular flexibility index (Phi) is 14.6. The first-order valence-electron chi connectivity index (χ1n) is 11.5. The lowest BCUT2D eigenvalue weighted by atomic mass is 10.0. The van der Waals surface area contributed by atoms with Crippen LogP contribution in [0.25, 0.3) is 0 Å². The summed E-state index contributed by atoms with van der Waals surface area (Å²) in [6.45, 7) is 2.25. The Labute approximate surface area is 176 Å². The fourth-order valence-corrected chi connectivity index (χ4v) is 3.44. The van der Waals surface area contributed by atoms with Gasteiger partial charge in [-0.2, -0.15) is 0 Å². The molecule has 0 fully saturated rings. The molecule has 0 spiro atoms. The van der Waals surface area contributed by atoms with Crippen LogP contribution in [0.2, 0.25) is 0 Å². The zero-order valence-corrected chi connectivity index (χ0v) is 18.2. The van der Waals surface area contributed by atoms with Crippen molar-refractivity contribution in [3.8, 4) is 0 Å². The van der Waals surface area contributed by atoms with Crippen LogP contribution >= 0.6 is 0 Å². The number of carbonyl (C=O) groups is 2. The number of aromatic carboxylic acids is 1. The van der Waals surface area contributed by atoms with E-state index in [1.165, 1.54) is 70.1 Å². The zero-order valence-electron chi connectivity index (χ0n) is 18.2. The van der Waals surface area contributed by atoms with Gasteiger partial charge < -0.3 is 5.11 Å². The Hall–Kier alpha value is -1.97. The number of carbonyl (C=O) groups excluding carboxylic acids is 1. The van der Waals surface area contributed by atoms with Crippen LogP contribution < -0.4 is 0 Å². The SMILES string of the molecule is CCCCCCCC/C=C\CCCCCCCC(=O)Cc1ncccc1C(=O)O. The molecule has 0 aliphatic carbocycles. The van der Waals surface area contributed by atoms with E-state index in [0.717, 1.165) is 25.7 Å². The predicted octanol–water partition coefficient (Wildman–Crippen LogP) is 6.93. The Morgan fingerprint density at radius 1 is 0.897 bits per heavy atom. The molecule has 4 nitrogen and oxygen atoms in total. The number of hydrogen-bond acceptors (Lipinski definition) is 3. The first-order chi connectivity index (χ1) is 14.1. The van der Waals surface area contributed by atoms with E-state index >= 15 is 0 Å². The summed E-state index contributed by atoms with van der Waals surface area (Å²) in [6, 6.07) is 3.08. The molecule has 0 amide bonds. The highest BCUT2D eigenvalue weighted by Crippen LogP contribution is 2.12. The number of carboxylic acid groups (broad SMARTS) is 1.